The molecule has 0 aliphatic carbocycles. The number of carbonyl (C=O) groups is 1. The third-order valence-electron chi connectivity index (χ3n) is 3.79. The highest BCUT2D eigenvalue weighted by Crippen LogP contribution is 2.27. The summed E-state index contributed by atoms with van der Waals surface area (Å²) in [5.41, 5.74) is 1.08. The number of ether oxygens (including phenoxy) is 1. The van der Waals surface area contributed by atoms with Crippen molar-refractivity contribution in [2.75, 3.05) is 18.6 Å². The summed E-state index contributed by atoms with van der Waals surface area (Å²) >= 11 is 0. The second kappa shape index (κ2) is 5.95. The Labute approximate surface area is 125 Å². The summed E-state index contributed by atoms with van der Waals surface area (Å²) in [4.78, 5) is 11.7. The lowest BCUT2D eigenvalue weighted by molar-refractivity contribution is -0.142. The quantitative estimate of drug-likeness (QED) is 0.859. The SMILES string of the molecule is COC(=O)C1CS(=O)CC(c2cccc3ccccc23)N1. The van der Waals surface area contributed by atoms with Gasteiger partial charge in [0.2, 0.25) is 0 Å². The van der Waals surface area contributed by atoms with Gasteiger partial charge in [0.1, 0.15) is 6.04 Å². The maximum atomic E-state index is 12.1. The van der Waals surface area contributed by atoms with Gasteiger partial charge < -0.3 is 4.74 Å². The van der Waals surface area contributed by atoms with Gasteiger partial charge in [0.05, 0.1) is 7.11 Å². The van der Waals surface area contributed by atoms with E-state index >= 15 is 0 Å². The molecule has 0 radical (unpaired) electrons. The molecule has 1 fully saturated rings. The summed E-state index contributed by atoms with van der Waals surface area (Å²) < 4.78 is 16.9. The van der Waals surface area contributed by atoms with Crippen molar-refractivity contribution in [3.05, 3.63) is 48.0 Å². The molecule has 110 valence electrons. The predicted molar refractivity (Wildman–Crippen MR) is 83.5 cm³/mol. The molecule has 2 aromatic rings. The van der Waals surface area contributed by atoms with Gasteiger partial charge in [-0.25, -0.2) is 0 Å². The lowest BCUT2D eigenvalue weighted by Gasteiger charge is -2.30. The molecule has 0 saturated carbocycles. The molecule has 0 amide bonds. The molecule has 3 unspecified atom stereocenters. The number of hydrogen-bond donors (Lipinski definition) is 1. The van der Waals surface area contributed by atoms with Gasteiger partial charge in [-0.15, -0.1) is 0 Å². The molecular formula is C16H17NO3S. The minimum atomic E-state index is -1.03. The van der Waals surface area contributed by atoms with Gasteiger partial charge in [-0.1, -0.05) is 42.5 Å². The Hall–Kier alpha value is -1.72. The van der Waals surface area contributed by atoms with Crippen LogP contribution in [0.4, 0.5) is 0 Å². The molecule has 1 saturated heterocycles. The molecule has 21 heavy (non-hydrogen) atoms. The molecule has 0 bridgehead atoms. The molecule has 1 aliphatic rings. The zero-order valence-corrected chi connectivity index (χ0v) is 12.6. The minimum Gasteiger partial charge on any atom is -0.468 e. The van der Waals surface area contributed by atoms with Crippen LogP contribution in [0.3, 0.4) is 0 Å². The highest BCUT2D eigenvalue weighted by molar-refractivity contribution is 7.85. The maximum Gasteiger partial charge on any atom is 0.323 e. The topological polar surface area (TPSA) is 55.4 Å². The number of methoxy groups -OCH3 is 1. The van der Waals surface area contributed by atoms with Crippen molar-refractivity contribution in [1.82, 2.24) is 5.32 Å². The first-order valence-electron chi connectivity index (χ1n) is 6.85. The zero-order chi connectivity index (χ0) is 14.8. The predicted octanol–water partition coefficient (Wildman–Crippen LogP) is 1.77. The van der Waals surface area contributed by atoms with Crippen molar-refractivity contribution < 1.29 is 13.7 Å². The van der Waals surface area contributed by atoms with Crippen LogP contribution >= 0.6 is 0 Å². The number of hydrogen-bond acceptors (Lipinski definition) is 4. The number of esters is 1. The molecule has 1 heterocycles. The van der Waals surface area contributed by atoms with Crippen molar-refractivity contribution in [2.45, 2.75) is 12.1 Å². The van der Waals surface area contributed by atoms with Gasteiger partial charge in [-0.3, -0.25) is 14.3 Å². The molecule has 2 aromatic carbocycles. The molecular weight excluding hydrogens is 286 g/mol. The van der Waals surface area contributed by atoms with Gasteiger partial charge in [0, 0.05) is 28.3 Å². The van der Waals surface area contributed by atoms with Crippen LogP contribution in [0.25, 0.3) is 10.8 Å². The summed E-state index contributed by atoms with van der Waals surface area (Å²) in [6.45, 7) is 0. The molecule has 0 spiro atoms. The van der Waals surface area contributed by atoms with Crippen LogP contribution in [-0.2, 0) is 20.3 Å². The smallest absolute Gasteiger partial charge is 0.323 e. The first-order valence-corrected chi connectivity index (χ1v) is 8.34. The number of carbonyl (C=O) groups excluding carboxylic acids is 1. The first-order chi connectivity index (χ1) is 10.2. The van der Waals surface area contributed by atoms with Crippen LogP contribution in [0, 0.1) is 0 Å². The largest absolute Gasteiger partial charge is 0.468 e. The van der Waals surface area contributed by atoms with E-state index in [1.807, 2.05) is 24.3 Å². The monoisotopic (exact) mass is 303 g/mol. The molecule has 1 N–H and O–H groups in total. The second-order valence-electron chi connectivity index (χ2n) is 5.14. The molecule has 3 atom stereocenters. The Bertz CT molecular complexity index is 695. The van der Waals surface area contributed by atoms with E-state index in [0.717, 1.165) is 16.3 Å². The summed E-state index contributed by atoms with van der Waals surface area (Å²) in [5, 5.41) is 5.54. The van der Waals surface area contributed by atoms with Crippen LogP contribution in [-0.4, -0.2) is 34.8 Å². The van der Waals surface area contributed by atoms with Gasteiger partial charge in [-0.2, -0.15) is 0 Å². The van der Waals surface area contributed by atoms with Gasteiger partial charge in [0.15, 0.2) is 0 Å². The average molecular weight is 303 g/mol. The number of nitrogens with one attached hydrogen (secondary N) is 1. The first kappa shape index (κ1) is 14.2. The molecule has 0 aromatic heterocycles. The fraction of sp³-hybridized carbons (Fsp3) is 0.312. The highest BCUT2D eigenvalue weighted by Gasteiger charge is 2.32. The van der Waals surface area contributed by atoms with Crippen molar-refractivity contribution in [2.24, 2.45) is 0 Å². The fourth-order valence-corrected chi connectivity index (χ4v) is 4.18. The van der Waals surface area contributed by atoms with Crippen LogP contribution in [0.15, 0.2) is 42.5 Å². The third kappa shape index (κ3) is 2.84. The molecule has 3 rings (SSSR count). The highest BCUT2D eigenvalue weighted by atomic mass is 32.2. The Morgan fingerprint density at radius 1 is 1.19 bits per heavy atom. The van der Waals surface area contributed by atoms with E-state index in [2.05, 4.69) is 23.5 Å². The lowest BCUT2D eigenvalue weighted by Crippen LogP contribution is -2.49. The molecule has 4 nitrogen and oxygen atoms in total. The van der Waals surface area contributed by atoms with Crippen LogP contribution in [0.5, 0.6) is 0 Å². The van der Waals surface area contributed by atoms with E-state index in [4.69, 9.17) is 4.74 Å². The van der Waals surface area contributed by atoms with Gasteiger partial charge in [0.25, 0.3) is 0 Å². The van der Waals surface area contributed by atoms with Crippen LogP contribution < -0.4 is 5.32 Å². The van der Waals surface area contributed by atoms with Crippen molar-refractivity contribution in [1.29, 1.82) is 0 Å². The van der Waals surface area contributed by atoms with Gasteiger partial charge >= 0.3 is 5.97 Å². The van der Waals surface area contributed by atoms with E-state index in [-0.39, 0.29) is 12.0 Å². The summed E-state index contributed by atoms with van der Waals surface area (Å²) in [6, 6.07) is 13.5. The second-order valence-corrected chi connectivity index (χ2v) is 6.68. The Balaban J connectivity index is 1.98. The zero-order valence-electron chi connectivity index (χ0n) is 11.7. The summed E-state index contributed by atoms with van der Waals surface area (Å²) in [7, 11) is 0.326. The van der Waals surface area contributed by atoms with Crippen molar-refractivity contribution in [3.8, 4) is 0 Å². The summed E-state index contributed by atoms with van der Waals surface area (Å²) in [6.07, 6.45) is 0. The standard InChI is InChI=1S/C16H17NO3S/c1-20-16(18)15-10-21(19)9-14(17-15)13-8-4-6-11-5-2-3-7-12(11)13/h2-8,14-15,17H,9-10H2,1H3. The van der Waals surface area contributed by atoms with E-state index in [1.165, 1.54) is 7.11 Å². The molecule has 1 aliphatic heterocycles. The van der Waals surface area contributed by atoms with E-state index in [9.17, 15) is 9.00 Å². The Morgan fingerprint density at radius 3 is 2.76 bits per heavy atom. The Morgan fingerprint density at radius 2 is 1.95 bits per heavy atom. The van der Waals surface area contributed by atoms with Crippen LogP contribution in [0.2, 0.25) is 0 Å². The lowest BCUT2D eigenvalue weighted by atomic mass is 9.99. The summed E-state index contributed by atoms with van der Waals surface area (Å²) in [5.74, 6) is 0.475. The average Bonchev–Trinajstić information content (AvgIpc) is 2.53. The fourth-order valence-electron chi connectivity index (χ4n) is 2.79. The third-order valence-corrected chi connectivity index (χ3v) is 5.20. The van der Waals surface area contributed by atoms with E-state index in [1.54, 1.807) is 0 Å². The number of rotatable bonds is 2. The van der Waals surface area contributed by atoms with E-state index in [0.29, 0.717) is 11.5 Å². The van der Waals surface area contributed by atoms with Crippen LogP contribution in [0.1, 0.15) is 11.6 Å². The Kier molecular flexibility index (Phi) is 4.03. The number of fused-ring (bicyclic) bond motifs is 1. The van der Waals surface area contributed by atoms with E-state index < -0.39 is 16.8 Å². The van der Waals surface area contributed by atoms with Gasteiger partial charge in [-0.05, 0) is 16.3 Å². The number of benzene rings is 2. The normalized spacial score (nSPS) is 25.7. The molecule has 5 heteroatoms. The van der Waals surface area contributed by atoms with Crippen molar-refractivity contribution >= 4 is 27.5 Å². The maximum absolute atomic E-state index is 12.1. The van der Waals surface area contributed by atoms with Crippen molar-refractivity contribution in [3.63, 3.8) is 0 Å². The minimum absolute atomic E-state index is 0.102.